The molecule has 1 rings (SSSR count). The van der Waals surface area contributed by atoms with E-state index >= 15 is 0 Å². The van der Waals surface area contributed by atoms with Crippen molar-refractivity contribution in [3.8, 4) is 0 Å². The van der Waals surface area contributed by atoms with E-state index in [1.165, 1.54) is 26.4 Å². The van der Waals surface area contributed by atoms with Crippen LogP contribution in [0.5, 0.6) is 0 Å². The molecule has 0 aliphatic rings. The van der Waals surface area contributed by atoms with Crippen LogP contribution in [0.1, 0.15) is 5.56 Å². The van der Waals surface area contributed by atoms with Gasteiger partial charge in [-0.05, 0) is 12.1 Å². The molecule has 0 aliphatic heterocycles. The average Bonchev–Trinajstić information content (AvgIpc) is 2.23. The molecule has 0 saturated heterocycles. The van der Waals surface area contributed by atoms with Crippen LogP contribution in [0.3, 0.4) is 0 Å². The summed E-state index contributed by atoms with van der Waals surface area (Å²) in [5.41, 5.74) is 6.23. The maximum Gasteiger partial charge on any atom is 0.256 e. The van der Waals surface area contributed by atoms with Gasteiger partial charge in [-0.3, -0.25) is 4.79 Å². The Morgan fingerprint density at radius 2 is 1.88 bits per heavy atom. The SMILES string of the molecule is COC(C=O)(OC)c1c(N)cc(Cl)cc1Cl. The summed E-state index contributed by atoms with van der Waals surface area (Å²) in [6.07, 6.45) is 0.485. The van der Waals surface area contributed by atoms with Crippen molar-refractivity contribution in [2.75, 3.05) is 20.0 Å². The Balaban J connectivity index is 3.46. The molecule has 0 amide bonds. The lowest BCUT2D eigenvalue weighted by molar-refractivity contribution is -0.201. The Kier molecular flexibility index (Phi) is 4.15. The van der Waals surface area contributed by atoms with Crippen LogP contribution >= 0.6 is 23.2 Å². The molecule has 0 atom stereocenters. The van der Waals surface area contributed by atoms with E-state index in [1.807, 2.05) is 0 Å². The molecule has 0 fully saturated rings. The minimum Gasteiger partial charge on any atom is -0.398 e. The van der Waals surface area contributed by atoms with E-state index in [1.54, 1.807) is 0 Å². The number of carbonyl (C=O) groups excluding carboxylic acids is 1. The van der Waals surface area contributed by atoms with E-state index in [2.05, 4.69) is 0 Å². The van der Waals surface area contributed by atoms with Gasteiger partial charge in [-0.2, -0.15) is 0 Å². The lowest BCUT2D eigenvalue weighted by Gasteiger charge is -2.27. The fourth-order valence-corrected chi connectivity index (χ4v) is 2.04. The average molecular weight is 264 g/mol. The highest BCUT2D eigenvalue weighted by Gasteiger charge is 2.36. The number of anilines is 1. The summed E-state index contributed by atoms with van der Waals surface area (Å²) >= 11 is 11.7. The summed E-state index contributed by atoms with van der Waals surface area (Å²) in [6.45, 7) is 0. The van der Waals surface area contributed by atoms with Gasteiger partial charge in [0.1, 0.15) is 0 Å². The van der Waals surface area contributed by atoms with Crippen molar-refractivity contribution in [1.29, 1.82) is 0 Å². The van der Waals surface area contributed by atoms with Crippen LogP contribution in [0, 0.1) is 0 Å². The molecule has 1 aromatic carbocycles. The summed E-state index contributed by atoms with van der Waals surface area (Å²) in [6, 6.07) is 2.93. The van der Waals surface area contributed by atoms with Crippen molar-refractivity contribution >= 4 is 35.2 Å². The molecule has 0 bridgehead atoms. The number of methoxy groups -OCH3 is 2. The van der Waals surface area contributed by atoms with Crippen molar-refractivity contribution in [3.05, 3.63) is 27.7 Å². The fraction of sp³-hybridized carbons (Fsp3) is 0.300. The van der Waals surface area contributed by atoms with Gasteiger partial charge in [-0.25, -0.2) is 0 Å². The molecule has 2 N–H and O–H groups in total. The lowest BCUT2D eigenvalue weighted by atomic mass is 10.0. The second kappa shape index (κ2) is 5.01. The van der Waals surface area contributed by atoms with Gasteiger partial charge < -0.3 is 15.2 Å². The number of halogens is 2. The van der Waals surface area contributed by atoms with Crippen molar-refractivity contribution in [2.45, 2.75) is 5.79 Å². The summed E-state index contributed by atoms with van der Waals surface area (Å²) in [5, 5.41) is 0.582. The Hall–Kier alpha value is -0.810. The normalized spacial score (nSPS) is 11.5. The number of carbonyl (C=O) groups is 1. The van der Waals surface area contributed by atoms with Gasteiger partial charge in [0, 0.05) is 24.9 Å². The molecule has 0 heterocycles. The molecule has 0 saturated carbocycles. The van der Waals surface area contributed by atoms with Crippen LogP contribution in [0.2, 0.25) is 10.0 Å². The van der Waals surface area contributed by atoms with Crippen molar-refractivity contribution < 1.29 is 14.3 Å². The van der Waals surface area contributed by atoms with Crippen LogP contribution < -0.4 is 5.73 Å². The van der Waals surface area contributed by atoms with Crippen molar-refractivity contribution in [2.24, 2.45) is 0 Å². The first kappa shape index (κ1) is 13.3. The highest BCUT2D eigenvalue weighted by molar-refractivity contribution is 6.35. The second-order valence-electron chi connectivity index (χ2n) is 3.05. The molecule has 0 unspecified atom stereocenters. The number of aldehydes is 1. The number of rotatable bonds is 4. The van der Waals surface area contributed by atoms with Crippen LogP contribution in [0.4, 0.5) is 5.69 Å². The second-order valence-corrected chi connectivity index (χ2v) is 3.89. The van der Waals surface area contributed by atoms with E-state index in [4.69, 9.17) is 38.4 Å². The van der Waals surface area contributed by atoms with Gasteiger partial charge in [0.05, 0.1) is 10.6 Å². The molecule has 4 nitrogen and oxygen atoms in total. The Bertz CT molecular complexity index is 382. The standard InChI is InChI=1S/C10H11Cl2NO3/c1-15-10(5-14,16-2)9-7(12)3-6(11)4-8(9)13/h3-5H,13H2,1-2H3. The molecule has 16 heavy (non-hydrogen) atoms. The van der Waals surface area contributed by atoms with Crippen LogP contribution in [-0.2, 0) is 20.1 Å². The highest BCUT2D eigenvalue weighted by atomic mass is 35.5. The van der Waals surface area contributed by atoms with Gasteiger partial charge in [-0.15, -0.1) is 0 Å². The third-order valence-corrected chi connectivity index (χ3v) is 2.71. The maximum atomic E-state index is 11.1. The largest absolute Gasteiger partial charge is 0.398 e. The van der Waals surface area contributed by atoms with E-state index in [9.17, 15) is 4.79 Å². The number of nitrogens with two attached hydrogens (primary N) is 1. The first-order chi connectivity index (χ1) is 7.50. The number of benzene rings is 1. The zero-order chi connectivity index (χ0) is 12.3. The minimum atomic E-state index is -1.61. The molecule has 0 radical (unpaired) electrons. The fourth-order valence-electron chi connectivity index (χ4n) is 1.40. The van der Waals surface area contributed by atoms with Gasteiger partial charge in [0.25, 0.3) is 5.79 Å². The summed E-state index contributed by atoms with van der Waals surface area (Å²) in [7, 11) is 2.64. The van der Waals surface area contributed by atoms with E-state index < -0.39 is 5.79 Å². The van der Waals surface area contributed by atoms with Gasteiger partial charge in [-0.1, -0.05) is 23.2 Å². The molecule has 0 aliphatic carbocycles. The van der Waals surface area contributed by atoms with E-state index in [0.29, 0.717) is 11.3 Å². The zero-order valence-corrected chi connectivity index (χ0v) is 10.3. The molecule has 0 spiro atoms. The third-order valence-electron chi connectivity index (χ3n) is 2.20. The van der Waals surface area contributed by atoms with Gasteiger partial charge in [0.2, 0.25) is 0 Å². The number of nitrogen functional groups attached to an aromatic ring is 1. The zero-order valence-electron chi connectivity index (χ0n) is 8.79. The van der Waals surface area contributed by atoms with Crippen LogP contribution in [0.25, 0.3) is 0 Å². The third kappa shape index (κ3) is 2.15. The van der Waals surface area contributed by atoms with Crippen molar-refractivity contribution in [1.82, 2.24) is 0 Å². The highest BCUT2D eigenvalue weighted by Crippen LogP contribution is 2.36. The quantitative estimate of drug-likeness (QED) is 0.514. The minimum absolute atomic E-state index is 0.209. The predicted molar refractivity (Wildman–Crippen MR) is 62.6 cm³/mol. The van der Waals surface area contributed by atoms with Crippen molar-refractivity contribution in [3.63, 3.8) is 0 Å². The number of hydrogen-bond donors (Lipinski definition) is 1. The van der Waals surface area contributed by atoms with Crippen LogP contribution in [-0.4, -0.2) is 20.5 Å². The van der Waals surface area contributed by atoms with Gasteiger partial charge in [0.15, 0.2) is 6.29 Å². The van der Waals surface area contributed by atoms with Crippen LogP contribution in [0.15, 0.2) is 12.1 Å². The predicted octanol–water partition coefficient (Wildman–Crippen LogP) is 2.22. The molecule has 1 aromatic rings. The lowest BCUT2D eigenvalue weighted by Crippen LogP contribution is -2.33. The summed E-state index contributed by atoms with van der Waals surface area (Å²) in [4.78, 5) is 11.1. The smallest absolute Gasteiger partial charge is 0.256 e. The number of hydrogen-bond acceptors (Lipinski definition) is 4. The summed E-state index contributed by atoms with van der Waals surface area (Å²) < 4.78 is 10.1. The Morgan fingerprint density at radius 3 is 2.25 bits per heavy atom. The molecular weight excluding hydrogens is 253 g/mol. The molecule has 88 valence electrons. The van der Waals surface area contributed by atoms with Gasteiger partial charge >= 0.3 is 0 Å². The summed E-state index contributed by atoms with van der Waals surface area (Å²) in [5.74, 6) is -1.61. The topological polar surface area (TPSA) is 61.5 Å². The Morgan fingerprint density at radius 1 is 1.31 bits per heavy atom. The molecule has 0 aromatic heterocycles. The molecule has 6 heteroatoms. The first-order valence-electron chi connectivity index (χ1n) is 4.32. The van der Waals surface area contributed by atoms with E-state index in [0.717, 1.165) is 0 Å². The maximum absolute atomic E-state index is 11.1. The van der Waals surface area contributed by atoms with E-state index in [-0.39, 0.29) is 16.3 Å². The Labute approximate surface area is 103 Å². The first-order valence-corrected chi connectivity index (χ1v) is 5.08. The number of ether oxygens (including phenoxy) is 2. The monoisotopic (exact) mass is 263 g/mol. The molecular formula is C10H11Cl2NO3.